The molecule has 0 fully saturated rings. The van der Waals surface area contributed by atoms with Crippen LogP contribution in [0.4, 0.5) is 0 Å². The molecule has 0 aliphatic heterocycles. The molecule has 2 nitrogen and oxygen atoms in total. The maximum absolute atomic E-state index is 6.16. The zero-order valence-corrected chi connectivity index (χ0v) is 8.21. The van der Waals surface area contributed by atoms with Crippen LogP contribution in [0.3, 0.4) is 0 Å². The summed E-state index contributed by atoms with van der Waals surface area (Å²) in [6.07, 6.45) is 0. The summed E-state index contributed by atoms with van der Waals surface area (Å²) in [5.74, 6) is 0. The third-order valence-corrected chi connectivity index (χ3v) is 7.01. The van der Waals surface area contributed by atoms with Gasteiger partial charge in [0.05, 0.1) is 0 Å². The molecule has 0 saturated carbocycles. The quantitative estimate of drug-likeness (QED) is 0.483. The molecule has 0 radical (unpaired) electrons. The van der Waals surface area contributed by atoms with Crippen molar-refractivity contribution in [1.82, 2.24) is 9.96 Å². The molecule has 0 bridgehead atoms. The van der Waals surface area contributed by atoms with Crippen LogP contribution >= 0.6 is 11.1 Å². The fraction of sp³-hybridized carbons (Fsp3) is 1.00. The second kappa shape index (κ2) is 3.56. The molecule has 0 unspecified atom stereocenters. The van der Waals surface area contributed by atoms with Crippen molar-refractivity contribution in [1.29, 1.82) is 0 Å². The van der Waals surface area contributed by atoms with E-state index in [9.17, 15) is 0 Å². The van der Waals surface area contributed by atoms with Gasteiger partial charge in [-0.25, -0.2) is 0 Å². The molecule has 0 aromatic carbocycles. The molecule has 56 valence electrons. The summed E-state index contributed by atoms with van der Waals surface area (Å²) in [6.45, 7) is 4.23. The van der Waals surface area contributed by atoms with E-state index in [1.807, 2.05) is 14.1 Å². The van der Waals surface area contributed by atoms with E-state index in [1.165, 1.54) is 0 Å². The van der Waals surface area contributed by atoms with Crippen LogP contribution in [0.2, 0.25) is 5.54 Å². The largest absolute Gasteiger partial charge is 0.316 e. The van der Waals surface area contributed by atoms with Crippen molar-refractivity contribution in [2.45, 2.75) is 19.4 Å². The second-order valence-corrected chi connectivity index (χ2v) is 7.73. The van der Waals surface area contributed by atoms with Crippen LogP contribution in [-0.2, 0) is 0 Å². The lowest BCUT2D eigenvalue weighted by Gasteiger charge is -2.25. The normalized spacial score (nSPS) is 12.7. The molecule has 0 aromatic heterocycles. The molecule has 0 amide bonds. The van der Waals surface area contributed by atoms with Crippen LogP contribution in [-0.4, -0.2) is 21.8 Å². The van der Waals surface area contributed by atoms with E-state index < -0.39 is 7.71 Å². The van der Waals surface area contributed by atoms with Gasteiger partial charge in [0, 0.05) is 0 Å². The lowest BCUT2D eigenvalue weighted by atomic mass is 10.6. The molecule has 0 spiro atoms. The van der Waals surface area contributed by atoms with E-state index in [2.05, 4.69) is 23.8 Å². The minimum atomic E-state index is -1.80. The Labute approximate surface area is 62.8 Å². The van der Waals surface area contributed by atoms with Crippen LogP contribution < -0.4 is 9.96 Å². The predicted octanol–water partition coefficient (Wildman–Crippen LogP) is 1.01. The van der Waals surface area contributed by atoms with Crippen molar-refractivity contribution in [2.24, 2.45) is 0 Å². The van der Waals surface area contributed by atoms with Crippen LogP contribution in [0.15, 0.2) is 0 Å². The van der Waals surface area contributed by atoms with Gasteiger partial charge in [-0.05, 0) is 19.6 Å². The Morgan fingerprint density at radius 3 is 1.56 bits per heavy atom. The Hall–Kier alpha value is 0.427. The van der Waals surface area contributed by atoms with E-state index in [0.717, 1.165) is 0 Å². The van der Waals surface area contributed by atoms with Gasteiger partial charge in [-0.3, -0.25) is 0 Å². The van der Waals surface area contributed by atoms with Crippen molar-refractivity contribution in [3.05, 3.63) is 0 Å². The maximum Gasteiger partial charge on any atom is 0.304 e. The molecule has 0 heterocycles. The Morgan fingerprint density at radius 2 is 1.56 bits per heavy atom. The standard InChI is InChI=1S/C5H15ClN2Si/c1-5(2)9(6,7-3)8-4/h5,7-8H,1-4H3. The highest BCUT2D eigenvalue weighted by Gasteiger charge is 2.31. The smallest absolute Gasteiger partial charge is 0.304 e. The Bertz CT molecular complexity index is 83.0. The Kier molecular flexibility index (Phi) is 3.73. The first-order chi connectivity index (χ1) is 4.06. The van der Waals surface area contributed by atoms with Gasteiger partial charge in [-0.15, -0.1) is 11.1 Å². The Morgan fingerprint density at radius 1 is 1.22 bits per heavy atom. The number of rotatable bonds is 3. The third-order valence-electron chi connectivity index (χ3n) is 1.52. The van der Waals surface area contributed by atoms with Crippen molar-refractivity contribution < 1.29 is 0 Å². The zero-order chi connectivity index (χ0) is 7.49. The van der Waals surface area contributed by atoms with E-state index in [0.29, 0.717) is 5.54 Å². The average Bonchev–Trinajstić information content (AvgIpc) is 1.86. The molecular formula is C5H15ClN2Si. The van der Waals surface area contributed by atoms with Gasteiger partial charge in [0.15, 0.2) is 0 Å². The molecule has 0 aliphatic carbocycles. The number of hydrogen-bond donors (Lipinski definition) is 2. The molecular weight excluding hydrogens is 152 g/mol. The molecule has 9 heavy (non-hydrogen) atoms. The second-order valence-electron chi connectivity index (χ2n) is 2.37. The lowest BCUT2D eigenvalue weighted by Crippen LogP contribution is -2.57. The predicted molar refractivity (Wildman–Crippen MR) is 44.8 cm³/mol. The van der Waals surface area contributed by atoms with Gasteiger partial charge < -0.3 is 9.96 Å². The molecule has 0 atom stereocenters. The monoisotopic (exact) mass is 166 g/mol. The molecule has 0 rings (SSSR count). The fourth-order valence-corrected chi connectivity index (χ4v) is 2.11. The molecule has 2 N–H and O–H groups in total. The lowest BCUT2D eigenvalue weighted by molar-refractivity contribution is 0.908. The first-order valence-corrected chi connectivity index (χ1v) is 6.22. The highest BCUT2D eigenvalue weighted by atomic mass is 35.6. The highest BCUT2D eigenvalue weighted by molar-refractivity contribution is 7.18. The van der Waals surface area contributed by atoms with Crippen molar-refractivity contribution >= 4 is 18.8 Å². The average molecular weight is 167 g/mol. The van der Waals surface area contributed by atoms with Crippen LogP contribution in [0.25, 0.3) is 0 Å². The summed E-state index contributed by atoms with van der Waals surface area (Å²) in [5, 5.41) is 0. The van der Waals surface area contributed by atoms with Gasteiger partial charge in [0.2, 0.25) is 0 Å². The zero-order valence-electron chi connectivity index (χ0n) is 6.46. The van der Waals surface area contributed by atoms with E-state index in [4.69, 9.17) is 11.1 Å². The van der Waals surface area contributed by atoms with Crippen LogP contribution in [0.5, 0.6) is 0 Å². The molecule has 0 aromatic rings. The summed E-state index contributed by atoms with van der Waals surface area (Å²) in [6, 6.07) is 0. The summed E-state index contributed by atoms with van der Waals surface area (Å²) in [5.41, 5.74) is 0.508. The van der Waals surface area contributed by atoms with Gasteiger partial charge in [0.1, 0.15) is 0 Å². The van der Waals surface area contributed by atoms with Crippen LogP contribution in [0.1, 0.15) is 13.8 Å². The van der Waals surface area contributed by atoms with E-state index in [-0.39, 0.29) is 0 Å². The maximum atomic E-state index is 6.16. The fourth-order valence-electron chi connectivity index (χ4n) is 0.702. The topological polar surface area (TPSA) is 24.1 Å². The van der Waals surface area contributed by atoms with Crippen LogP contribution in [0, 0.1) is 0 Å². The van der Waals surface area contributed by atoms with Crippen molar-refractivity contribution in [2.75, 3.05) is 14.1 Å². The SMILES string of the molecule is CN[Si](Cl)(NC)C(C)C. The number of hydrogen-bond acceptors (Lipinski definition) is 2. The first kappa shape index (κ1) is 9.43. The van der Waals surface area contributed by atoms with Crippen molar-refractivity contribution in [3.63, 3.8) is 0 Å². The van der Waals surface area contributed by atoms with Gasteiger partial charge in [-0.2, -0.15) is 0 Å². The summed E-state index contributed by atoms with van der Waals surface area (Å²) in [7, 11) is 1.99. The summed E-state index contributed by atoms with van der Waals surface area (Å²) in [4.78, 5) is 6.24. The molecule has 4 heteroatoms. The summed E-state index contributed by atoms with van der Waals surface area (Å²) >= 11 is 6.16. The minimum absolute atomic E-state index is 0.508. The van der Waals surface area contributed by atoms with Gasteiger partial charge in [0.25, 0.3) is 0 Å². The van der Waals surface area contributed by atoms with Gasteiger partial charge >= 0.3 is 7.71 Å². The molecule has 0 saturated heterocycles. The summed E-state index contributed by atoms with van der Waals surface area (Å²) < 4.78 is 0. The number of halogens is 1. The van der Waals surface area contributed by atoms with Gasteiger partial charge in [-0.1, -0.05) is 13.8 Å². The highest BCUT2D eigenvalue weighted by Crippen LogP contribution is 2.17. The minimum Gasteiger partial charge on any atom is -0.316 e. The Balaban J connectivity index is 3.92. The number of nitrogens with one attached hydrogen (secondary N) is 2. The van der Waals surface area contributed by atoms with Crippen molar-refractivity contribution in [3.8, 4) is 0 Å². The molecule has 0 aliphatic rings. The third kappa shape index (κ3) is 2.25. The first-order valence-electron chi connectivity index (χ1n) is 3.13. The van der Waals surface area contributed by atoms with E-state index in [1.54, 1.807) is 0 Å². The van der Waals surface area contributed by atoms with E-state index >= 15 is 0 Å².